The smallest absolute Gasteiger partial charge is 0.326 e. The molecule has 1 aromatic carbocycles. The summed E-state index contributed by atoms with van der Waals surface area (Å²) >= 11 is 0. The van der Waals surface area contributed by atoms with Gasteiger partial charge in [0.05, 0.1) is 6.07 Å². The monoisotopic (exact) mass is 230 g/mol. The maximum absolute atomic E-state index is 12.0. The van der Waals surface area contributed by atoms with Crippen molar-refractivity contribution in [2.45, 2.75) is 19.0 Å². The van der Waals surface area contributed by atoms with E-state index in [0.29, 0.717) is 11.1 Å². The van der Waals surface area contributed by atoms with E-state index >= 15 is 0 Å². The van der Waals surface area contributed by atoms with Gasteiger partial charge in [-0.3, -0.25) is 4.79 Å². The van der Waals surface area contributed by atoms with Gasteiger partial charge in [0, 0.05) is 11.1 Å². The van der Waals surface area contributed by atoms with Crippen LogP contribution in [0.25, 0.3) is 0 Å². The van der Waals surface area contributed by atoms with E-state index in [1.165, 1.54) is 6.92 Å². The highest BCUT2D eigenvalue weighted by atomic mass is 16.4. The number of rotatable bonds is 2. The van der Waals surface area contributed by atoms with Crippen molar-refractivity contribution >= 4 is 11.9 Å². The van der Waals surface area contributed by atoms with Crippen LogP contribution in [0.5, 0.6) is 0 Å². The second-order valence-electron chi connectivity index (χ2n) is 3.85. The topological polar surface area (TPSA) is 81.4 Å². The molecule has 5 nitrogen and oxygen atoms in total. The molecule has 2 rings (SSSR count). The first-order chi connectivity index (χ1) is 8.07. The molecule has 0 bridgehead atoms. The van der Waals surface area contributed by atoms with Crippen LogP contribution in [0, 0.1) is 11.3 Å². The second-order valence-corrected chi connectivity index (χ2v) is 3.85. The first-order valence-corrected chi connectivity index (χ1v) is 5.12. The molecular weight excluding hydrogens is 220 g/mol. The number of hydrogen-bond acceptors (Lipinski definition) is 3. The van der Waals surface area contributed by atoms with E-state index in [1.54, 1.807) is 24.3 Å². The molecule has 86 valence electrons. The summed E-state index contributed by atoms with van der Waals surface area (Å²) in [5, 5.41) is 18.0. The Balaban J connectivity index is 2.50. The van der Waals surface area contributed by atoms with Gasteiger partial charge < -0.3 is 10.0 Å². The lowest BCUT2D eigenvalue weighted by Gasteiger charge is -2.24. The van der Waals surface area contributed by atoms with Crippen LogP contribution in [0.15, 0.2) is 24.3 Å². The molecule has 17 heavy (non-hydrogen) atoms. The number of carboxylic acids is 1. The lowest BCUT2D eigenvalue weighted by atomic mass is 10.1. The summed E-state index contributed by atoms with van der Waals surface area (Å²) in [5.74, 6) is -1.52. The molecule has 0 aliphatic carbocycles. The van der Waals surface area contributed by atoms with E-state index in [2.05, 4.69) is 0 Å². The zero-order valence-corrected chi connectivity index (χ0v) is 9.12. The van der Waals surface area contributed by atoms with Crippen LogP contribution in [0.3, 0.4) is 0 Å². The van der Waals surface area contributed by atoms with Gasteiger partial charge in [0.2, 0.25) is 0 Å². The first kappa shape index (κ1) is 11.1. The van der Waals surface area contributed by atoms with Gasteiger partial charge in [-0.1, -0.05) is 18.2 Å². The van der Waals surface area contributed by atoms with E-state index < -0.39 is 24.0 Å². The predicted molar refractivity (Wildman–Crippen MR) is 58.1 cm³/mol. The lowest BCUT2D eigenvalue weighted by Crippen LogP contribution is -2.41. The van der Waals surface area contributed by atoms with E-state index in [9.17, 15) is 9.59 Å². The van der Waals surface area contributed by atoms with Gasteiger partial charge >= 0.3 is 5.97 Å². The minimum Gasteiger partial charge on any atom is -0.480 e. The number of benzene rings is 1. The third-order valence-electron chi connectivity index (χ3n) is 2.90. The molecule has 1 aromatic rings. The van der Waals surface area contributed by atoms with Crippen molar-refractivity contribution in [2.75, 3.05) is 0 Å². The first-order valence-electron chi connectivity index (χ1n) is 5.12. The Morgan fingerprint density at radius 1 is 1.53 bits per heavy atom. The molecule has 1 amide bonds. The van der Waals surface area contributed by atoms with Crippen LogP contribution in [0.2, 0.25) is 0 Å². The molecule has 0 radical (unpaired) electrons. The highest BCUT2D eigenvalue weighted by molar-refractivity contribution is 6.01. The summed E-state index contributed by atoms with van der Waals surface area (Å²) in [4.78, 5) is 24.1. The number of hydrogen-bond donors (Lipinski definition) is 1. The van der Waals surface area contributed by atoms with Gasteiger partial charge in [-0.15, -0.1) is 0 Å². The van der Waals surface area contributed by atoms with Crippen molar-refractivity contribution in [3.8, 4) is 6.07 Å². The number of nitriles is 1. The van der Waals surface area contributed by atoms with Crippen LogP contribution >= 0.6 is 0 Å². The fraction of sp³-hybridized carbons (Fsp3) is 0.250. The summed E-state index contributed by atoms with van der Waals surface area (Å²) in [5.41, 5.74) is 0.986. The Bertz CT molecular complexity index is 533. The fourth-order valence-electron chi connectivity index (χ4n) is 1.99. The Labute approximate surface area is 97.9 Å². The summed E-state index contributed by atoms with van der Waals surface area (Å²) in [6.07, 6.45) is 0. The summed E-state index contributed by atoms with van der Waals surface area (Å²) in [6, 6.07) is 6.85. The number of amides is 1. The lowest BCUT2D eigenvalue weighted by molar-refractivity contribution is -0.142. The van der Waals surface area contributed by atoms with Gasteiger partial charge in [-0.25, -0.2) is 4.79 Å². The fourth-order valence-corrected chi connectivity index (χ4v) is 1.99. The molecule has 1 aliphatic rings. The quantitative estimate of drug-likeness (QED) is 0.827. The molecule has 0 aromatic heterocycles. The van der Waals surface area contributed by atoms with Gasteiger partial charge in [-0.2, -0.15) is 5.26 Å². The highest BCUT2D eigenvalue weighted by Gasteiger charge is 2.41. The van der Waals surface area contributed by atoms with Crippen molar-refractivity contribution in [1.29, 1.82) is 5.26 Å². The highest BCUT2D eigenvalue weighted by Crippen LogP contribution is 2.34. The van der Waals surface area contributed by atoms with Crippen LogP contribution in [0.4, 0.5) is 0 Å². The van der Waals surface area contributed by atoms with Gasteiger partial charge in [0.25, 0.3) is 5.91 Å². The summed E-state index contributed by atoms with van der Waals surface area (Å²) in [7, 11) is 0. The van der Waals surface area contributed by atoms with Gasteiger partial charge in [-0.05, 0) is 13.0 Å². The van der Waals surface area contributed by atoms with E-state index in [1.807, 2.05) is 6.07 Å². The van der Waals surface area contributed by atoms with Crippen LogP contribution in [-0.2, 0) is 4.79 Å². The molecule has 2 unspecified atom stereocenters. The van der Waals surface area contributed by atoms with E-state index in [-0.39, 0.29) is 0 Å². The van der Waals surface area contributed by atoms with Crippen molar-refractivity contribution in [2.24, 2.45) is 0 Å². The predicted octanol–water partition coefficient (Wildman–Crippen LogP) is 1.18. The molecule has 2 atom stereocenters. The Hall–Kier alpha value is -2.35. The number of aliphatic carboxylic acids is 1. The van der Waals surface area contributed by atoms with E-state index in [4.69, 9.17) is 10.4 Å². The standard InChI is InChI=1S/C12H10N2O3/c1-7(12(16)17)14-10(6-13)8-4-2-3-5-9(8)11(14)15/h2-5,7,10H,1H3,(H,16,17). The summed E-state index contributed by atoms with van der Waals surface area (Å²) in [6.45, 7) is 1.40. The van der Waals surface area contributed by atoms with Crippen LogP contribution in [0.1, 0.15) is 28.9 Å². The maximum atomic E-state index is 12.0. The molecule has 0 saturated carbocycles. The van der Waals surface area contributed by atoms with E-state index in [0.717, 1.165) is 4.90 Å². The average Bonchev–Trinajstić information content (AvgIpc) is 2.61. The van der Waals surface area contributed by atoms with Crippen molar-refractivity contribution < 1.29 is 14.7 Å². The Morgan fingerprint density at radius 2 is 2.18 bits per heavy atom. The molecule has 5 heteroatoms. The summed E-state index contributed by atoms with van der Waals surface area (Å²) < 4.78 is 0. The van der Waals surface area contributed by atoms with Gasteiger partial charge in [0.1, 0.15) is 12.1 Å². The Kier molecular flexibility index (Phi) is 2.56. The third-order valence-corrected chi connectivity index (χ3v) is 2.90. The normalized spacial score (nSPS) is 19.6. The second kappa shape index (κ2) is 3.91. The third kappa shape index (κ3) is 1.54. The average molecular weight is 230 g/mol. The number of carbonyl (C=O) groups excluding carboxylic acids is 1. The molecule has 0 fully saturated rings. The largest absolute Gasteiger partial charge is 0.480 e. The maximum Gasteiger partial charge on any atom is 0.326 e. The number of nitrogens with zero attached hydrogens (tertiary/aromatic N) is 2. The van der Waals surface area contributed by atoms with Crippen LogP contribution in [-0.4, -0.2) is 27.9 Å². The molecule has 1 N–H and O–H groups in total. The molecule has 1 heterocycles. The van der Waals surface area contributed by atoms with Crippen molar-refractivity contribution in [3.63, 3.8) is 0 Å². The number of fused-ring (bicyclic) bond motifs is 1. The minimum absolute atomic E-state index is 0.401. The van der Waals surface area contributed by atoms with Crippen molar-refractivity contribution in [3.05, 3.63) is 35.4 Å². The van der Waals surface area contributed by atoms with Crippen LogP contribution < -0.4 is 0 Å². The van der Waals surface area contributed by atoms with Gasteiger partial charge in [0.15, 0.2) is 0 Å². The zero-order valence-electron chi connectivity index (χ0n) is 9.12. The van der Waals surface area contributed by atoms with Crippen molar-refractivity contribution in [1.82, 2.24) is 4.90 Å². The SMILES string of the molecule is CC(C(=O)O)N1C(=O)c2ccccc2C1C#N. The molecule has 0 saturated heterocycles. The zero-order chi connectivity index (χ0) is 12.6. The molecule has 1 aliphatic heterocycles. The molecule has 0 spiro atoms. The number of carboxylic acid groups (broad SMARTS) is 1. The number of carbonyl (C=O) groups is 2. The minimum atomic E-state index is -1.12. The molecular formula is C12H10N2O3. The Morgan fingerprint density at radius 3 is 2.76 bits per heavy atom.